The molecule has 2 aliphatic rings. The first-order valence-electron chi connectivity index (χ1n) is 6.12. The summed E-state index contributed by atoms with van der Waals surface area (Å²) < 4.78 is 5.79. The smallest absolute Gasteiger partial charge is 0.131 e. The summed E-state index contributed by atoms with van der Waals surface area (Å²) in [6, 6.07) is 0.590. The SMILES string of the molecule is CC(=O)CCN1CCOC2CCCCC21. The van der Waals surface area contributed by atoms with Gasteiger partial charge in [0, 0.05) is 25.6 Å². The molecule has 0 aromatic carbocycles. The maximum Gasteiger partial charge on any atom is 0.131 e. The van der Waals surface area contributed by atoms with Crippen molar-refractivity contribution in [3.05, 3.63) is 0 Å². The minimum Gasteiger partial charge on any atom is -0.375 e. The Bertz CT molecular complexity index is 228. The van der Waals surface area contributed by atoms with E-state index < -0.39 is 0 Å². The number of morpholine rings is 1. The third-order valence-corrected chi connectivity index (χ3v) is 3.60. The number of nitrogens with zero attached hydrogens (tertiary/aromatic N) is 1. The quantitative estimate of drug-likeness (QED) is 0.710. The van der Waals surface area contributed by atoms with Gasteiger partial charge in [0.25, 0.3) is 0 Å². The van der Waals surface area contributed by atoms with Gasteiger partial charge >= 0.3 is 0 Å². The van der Waals surface area contributed by atoms with E-state index in [4.69, 9.17) is 4.74 Å². The monoisotopic (exact) mass is 211 g/mol. The molecule has 15 heavy (non-hydrogen) atoms. The van der Waals surface area contributed by atoms with Crippen LogP contribution in [-0.2, 0) is 9.53 Å². The van der Waals surface area contributed by atoms with E-state index in [0.717, 1.165) is 19.7 Å². The first-order valence-corrected chi connectivity index (χ1v) is 6.12. The average Bonchev–Trinajstić information content (AvgIpc) is 2.26. The van der Waals surface area contributed by atoms with Crippen LogP contribution in [0.4, 0.5) is 0 Å². The van der Waals surface area contributed by atoms with E-state index in [1.54, 1.807) is 6.92 Å². The highest BCUT2D eigenvalue weighted by atomic mass is 16.5. The average molecular weight is 211 g/mol. The van der Waals surface area contributed by atoms with Gasteiger partial charge in [0.2, 0.25) is 0 Å². The molecule has 0 aromatic rings. The highest BCUT2D eigenvalue weighted by Crippen LogP contribution is 2.28. The molecule has 0 aromatic heterocycles. The molecule has 3 heteroatoms. The number of carbonyl (C=O) groups is 1. The molecule has 2 unspecified atom stereocenters. The van der Waals surface area contributed by atoms with Gasteiger partial charge < -0.3 is 4.74 Å². The van der Waals surface area contributed by atoms with E-state index in [9.17, 15) is 4.79 Å². The fraction of sp³-hybridized carbons (Fsp3) is 0.917. The number of hydrogen-bond acceptors (Lipinski definition) is 3. The van der Waals surface area contributed by atoms with E-state index in [-0.39, 0.29) is 0 Å². The minimum atomic E-state index is 0.300. The second-order valence-corrected chi connectivity index (χ2v) is 4.75. The Morgan fingerprint density at radius 1 is 1.40 bits per heavy atom. The minimum absolute atomic E-state index is 0.300. The molecule has 1 saturated carbocycles. The number of ketones is 1. The number of hydrogen-bond donors (Lipinski definition) is 0. The lowest BCUT2D eigenvalue weighted by atomic mass is 9.90. The van der Waals surface area contributed by atoms with Crippen LogP contribution in [0.2, 0.25) is 0 Å². The molecule has 1 saturated heterocycles. The molecule has 3 nitrogen and oxygen atoms in total. The van der Waals surface area contributed by atoms with E-state index >= 15 is 0 Å². The normalized spacial score (nSPS) is 32.3. The van der Waals surface area contributed by atoms with E-state index in [2.05, 4.69) is 4.90 Å². The summed E-state index contributed by atoms with van der Waals surface area (Å²) in [5.41, 5.74) is 0. The van der Waals surface area contributed by atoms with Crippen LogP contribution in [0, 0.1) is 0 Å². The molecule has 2 fully saturated rings. The van der Waals surface area contributed by atoms with Crippen molar-refractivity contribution in [1.82, 2.24) is 4.90 Å². The van der Waals surface area contributed by atoms with Gasteiger partial charge in [0.05, 0.1) is 12.7 Å². The van der Waals surface area contributed by atoms with Crippen molar-refractivity contribution in [2.75, 3.05) is 19.7 Å². The topological polar surface area (TPSA) is 29.5 Å². The molecular formula is C12H21NO2. The predicted molar refractivity (Wildman–Crippen MR) is 58.9 cm³/mol. The summed E-state index contributed by atoms with van der Waals surface area (Å²) in [4.78, 5) is 13.5. The predicted octanol–water partition coefficient (Wildman–Crippen LogP) is 1.61. The van der Waals surface area contributed by atoms with Gasteiger partial charge in [-0.25, -0.2) is 0 Å². The lowest BCUT2D eigenvalue weighted by Crippen LogP contribution is -2.52. The van der Waals surface area contributed by atoms with Crippen molar-refractivity contribution in [3.63, 3.8) is 0 Å². The van der Waals surface area contributed by atoms with Crippen LogP contribution >= 0.6 is 0 Å². The van der Waals surface area contributed by atoms with Gasteiger partial charge in [-0.15, -0.1) is 0 Å². The van der Waals surface area contributed by atoms with Crippen molar-refractivity contribution in [3.8, 4) is 0 Å². The summed E-state index contributed by atoms with van der Waals surface area (Å²) in [7, 11) is 0. The highest BCUT2D eigenvalue weighted by Gasteiger charge is 2.33. The maximum atomic E-state index is 11.0. The molecule has 0 radical (unpaired) electrons. The summed E-state index contributed by atoms with van der Waals surface area (Å²) >= 11 is 0. The van der Waals surface area contributed by atoms with Crippen molar-refractivity contribution in [2.24, 2.45) is 0 Å². The summed E-state index contributed by atoms with van der Waals surface area (Å²) in [5, 5.41) is 0. The maximum absolute atomic E-state index is 11.0. The molecule has 0 amide bonds. The van der Waals surface area contributed by atoms with Crippen molar-refractivity contribution >= 4 is 5.78 Å². The first-order chi connectivity index (χ1) is 7.27. The van der Waals surface area contributed by atoms with E-state index in [1.165, 1.54) is 25.7 Å². The van der Waals surface area contributed by atoms with Crippen LogP contribution in [0.3, 0.4) is 0 Å². The summed E-state index contributed by atoms with van der Waals surface area (Å²) in [5.74, 6) is 0.300. The van der Waals surface area contributed by atoms with Crippen molar-refractivity contribution in [2.45, 2.75) is 51.2 Å². The summed E-state index contributed by atoms with van der Waals surface area (Å²) in [6.07, 6.45) is 6.23. The van der Waals surface area contributed by atoms with Gasteiger partial charge in [0.15, 0.2) is 0 Å². The van der Waals surface area contributed by atoms with E-state index in [1.807, 2.05) is 0 Å². The van der Waals surface area contributed by atoms with Gasteiger partial charge in [-0.3, -0.25) is 9.69 Å². The zero-order chi connectivity index (χ0) is 10.7. The molecule has 1 heterocycles. The molecule has 86 valence electrons. The number of rotatable bonds is 3. The van der Waals surface area contributed by atoms with Crippen LogP contribution in [-0.4, -0.2) is 42.5 Å². The molecule has 0 spiro atoms. The standard InChI is InChI=1S/C12H21NO2/c1-10(14)6-7-13-8-9-15-12-5-3-2-4-11(12)13/h11-12H,2-9H2,1H3. The van der Waals surface area contributed by atoms with E-state index in [0.29, 0.717) is 24.3 Å². The van der Waals surface area contributed by atoms with Crippen molar-refractivity contribution in [1.29, 1.82) is 0 Å². The Hall–Kier alpha value is -0.410. The second-order valence-electron chi connectivity index (χ2n) is 4.75. The Morgan fingerprint density at radius 2 is 2.20 bits per heavy atom. The lowest BCUT2D eigenvalue weighted by molar-refractivity contribution is -0.119. The fourth-order valence-corrected chi connectivity index (χ4v) is 2.76. The zero-order valence-corrected chi connectivity index (χ0v) is 9.58. The van der Waals surface area contributed by atoms with Gasteiger partial charge in [-0.05, 0) is 19.8 Å². The summed E-state index contributed by atoms with van der Waals surface area (Å²) in [6.45, 7) is 4.46. The molecule has 2 rings (SSSR count). The van der Waals surface area contributed by atoms with Crippen LogP contribution in [0.15, 0.2) is 0 Å². The molecule has 0 bridgehead atoms. The third-order valence-electron chi connectivity index (χ3n) is 3.60. The molecule has 1 aliphatic carbocycles. The van der Waals surface area contributed by atoms with Crippen molar-refractivity contribution < 1.29 is 9.53 Å². The number of ether oxygens (including phenoxy) is 1. The van der Waals surface area contributed by atoms with Crippen LogP contribution in [0.1, 0.15) is 39.0 Å². The molecular weight excluding hydrogens is 190 g/mol. The molecule has 1 aliphatic heterocycles. The first kappa shape index (κ1) is 11.1. The second kappa shape index (κ2) is 5.08. The Balaban J connectivity index is 1.88. The van der Waals surface area contributed by atoms with Gasteiger partial charge in [-0.2, -0.15) is 0 Å². The van der Waals surface area contributed by atoms with Crippen LogP contribution in [0.5, 0.6) is 0 Å². The fourth-order valence-electron chi connectivity index (χ4n) is 2.76. The number of carbonyl (C=O) groups excluding carboxylic acids is 1. The Morgan fingerprint density at radius 3 is 3.00 bits per heavy atom. The van der Waals surface area contributed by atoms with Gasteiger partial charge in [-0.1, -0.05) is 12.8 Å². The zero-order valence-electron chi connectivity index (χ0n) is 9.58. The molecule has 2 atom stereocenters. The Labute approximate surface area is 91.8 Å². The van der Waals surface area contributed by atoms with Crippen LogP contribution in [0.25, 0.3) is 0 Å². The Kier molecular flexibility index (Phi) is 3.76. The van der Waals surface area contributed by atoms with Crippen LogP contribution < -0.4 is 0 Å². The largest absolute Gasteiger partial charge is 0.375 e. The third kappa shape index (κ3) is 2.79. The number of fused-ring (bicyclic) bond motifs is 1. The van der Waals surface area contributed by atoms with Gasteiger partial charge in [0.1, 0.15) is 5.78 Å². The number of Topliss-reactive ketones (excluding diaryl/α,β-unsaturated/α-hetero) is 1. The highest BCUT2D eigenvalue weighted by molar-refractivity contribution is 5.75. The lowest BCUT2D eigenvalue weighted by Gasteiger charge is -2.43. The molecule has 0 N–H and O–H groups in total.